The molecule has 4 nitrogen and oxygen atoms in total. The molecule has 0 aliphatic heterocycles. The van der Waals surface area contributed by atoms with Crippen LogP contribution in [-0.2, 0) is 5.33 Å². The highest BCUT2D eigenvalue weighted by atomic mass is 79.9. The highest BCUT2D eigenvalue weighted by Gasteiger charge is 2.11. The summed E-state index contributed by atoms with van der Waals surface area (Å²) in [6.45, 7) is 0. The summed E-state index contributed by atoms with van der Waals surface area (Å²) in [5, 5.41) is 4.37. The fraction of sp³-hybridized carbons (Fsp3) is 0.200. The van der Waals surface area contributed by atoms with Gasteiger partial charge in [0.05, 0.1) is 18.0 Å². The van der Waals surface area contributed by atoms with Crippen molar-refractivity contribution in [3.8, 4) is 17.2 Å². The maximum atomic E-state index is 5.20. The predicted molar refractivity (Wildman–Crippen MR) is 58.9 cm³/mol. The molecular formula is C10H9BrN2O2. The molecule has 0 fully saturated rings. The molecule has 1 heterocycles. The van der Waals surface area contributed by atoms with E-state index in [0.29, 0.717) is 17.0 Å². The summed E-state index contributed by atoms with van der Waals surface area (Å²) < 4.78 is 10.3. The number of ether oxygens (including phenoxy) is 1. The SMILES string of the molecule is COc1ccccc1-c1nc(CBr)no1. The quantitative estimate of drug-likeness (QED) is 0.803. The highest BCUT2D eigenvalue weighted by Crippen LogP contribution is 2.28. The molecule has 5 heteroatoms. The van der Waals surface area contributed by atoms with Gasteiger partial charge in [-0.1, -0.05) is 33.2 Å². The molecule has 0 N–H and O–H groups in total. The Morgan fingerprint density at radius 1 is 1.40 bits per heavy atom. The van der Waals surface area contributed by atoms with E-state index in [1.165, 1.54) is 0 Å². The van der Waals surface area contributed by atoms with Crippen molar-refractivity contribution >= 4 is 15.9 Å². The lowest BCUT2D eigenvalue weighted by molar-refractivity contribution is 0.403. The number of nitrogens with zero attached hydrogens (tertiary/aromatic N) is 2. The molecule has 2 aromatic rings. The maximum Gasteiger partial charge on any atom is 0.261 e. The number of aromatic nitrogens is 2. The second-order valence-corrected chi connectivity index (χ2v) is 3.41. The molecule has 0 saturated heterocycles. The van der Waals surface area contributed by atoms with Gasteiger partial charge in [0.25, 0.3) is 5.89 Å². The number of benzene rings is 1. The minimum atomic E-state index is 0.474. The van der Waals surface area contributed by atoms with Crippen molar-refractivity contribution in [1.82, 2.24) is 10.1 Å². The van der Waals surface area contributed by atoms with E-state index in [0.717, 1.165) is 11.3 Å². The number of para-hydroxylation sites is 1. The summed E-state index contributed by atoms with van der Waals surface area (Å²) in [6.07, 6.45) is 0. The van der Waals surface area contributed by atoms with E-state index in [1.54, 1.807) is 7.11 Å². The van der Waals surface area contributed by atoms with Crippen LogP contribution in [0.15, 0.2) is 28.8 Å². The topological polar surface area (TPSA) is 48.2 Å². The zero-order valence-electron chi connectivity index (χ0n) is 8.11. The Kier molecular flexibility index (Phi) is 3.01. The Hall–Kier alpha value is -1.36. The standard InChI is InChI=1S/C10H9BrN2O2/c1-14-8-5-3-2-4-7(8)10-12-9(6-11)13-15-10/h2-5H,6H2,1H3. The molecule has 78 valence electrons. The van der Waals surface area contributed by atoms with Gasteiger partial charge < -0.3 is 9.26 Å². The molecule has 0 aliphatic rings. The number of hydrogen-bond donors (Lipinski definition) is 0. The van der Waals surface area contributed by atoms with Crippen LogP contribution in [0.25, 0.3) is 11.5 Å². The summed E-state index contributed by atoms with van der Waals surface area (Å²) in [7, 11) is 1.61. The Balaban J connectivity index is 2.44. The fourth-order valence-electron chi connectivity index (χ4n) is 1.24. The average Bonchev–Trinajstić information content (AvgIpc) is 2.77. The first-order valence-corrected chi connectivity index (χ1v) is 5.49. The van der Waals surface area contributed by atoms with Gasteiger partial charge in [-0.3, -0.25) is 0 Å². The minimum absolute atomic E-state index is 0.474. The van der Waals surface area contributed by atoms with Crippen molar-refractivity contribution in [2.24, 2.45) is 0 Å². The van der Waals surface area contributed by atoms with Gasteiger partial charge in [0, 0.05) is 0 Å². The van der Waals surface area contributed by atoms with Crippen molar-refractivity contribution in [1.29, 1.82) is 0 Å². The first-order valence-electron chi connectivity index (χ1n) is 4.37. The first-order chi connectivity index (χ1) is 7.35. The van der Waals surface area contributed by atoms with Gasteiger partial charge in [-0.15, -0.1) is 0 Å². The van der Waals surface area contributed by atoms with Gasteiger partial charge in [0.15, 0.2) is 5.82 Å². The van der Waals surface area contributed by atoms with Gasteiger partial charge in [-0.2, -0.15) is 4.98 Å². The van der Waals surface area contributed by atoms with E-state index in [1.807, 2.05) is 24.3 Å². The Morgan fingerprint density at radius 2 is 2.20 bits per heavy atom. The van der Waals surface area contributed by atoms with Crippen LogP contribution in [0.4, 0.5) is 0 Å². The molecule has 15 heavy (non-hydrogen) atoms. The second kappa shape index (κ2) is 4.44. The van der Waals surface area contributed by atoms with E-state index in [2.05, 4.69) is 26.1 Å². The molecular weight excluding hydrogens is 260 g/mol. The van der Waals surface area contributed by atoms with Crippen LogP contribution in [0.2, 0.25) is 0 Å². The zero-order valence-corrected chi connectivity index (χ0v) is 9.69. The molecule has 0 radical (unpaired) electrons. The number of methoxy groups -OCH3 is 1. The Bertz CT molecular complexity index is 456. The van der Waals surface area contributed by atoms with Gasteiger partial charge >= 0.3 is 0 Å². The van der Waals surface area contributed by atoms with Crippen LogP contribution >= 0.6 is 15.9 Å². The molecule has 2 rings (SSSR count). The van der Waals surface area contributed by atoms with E-state index in [9.17, 15) is 0 Å². The molecule has 1 aromatic carbocycles. The third-order valence-electron chi connectivity index (χ3n) is 1.92. The van der Waals surface area contributed by atoms with Crippen molar-refractivity contribution < 1.29 is 9.26 Å². The normalized spacial score (nSPS) is 10.3. The van der Waals surface area contributed by atoms with Crippen LogP contribution < -0.4 is 4.74 Å². The van der Waals surface area contributed by atoms with E-state index >= 15 is 0 Å². The molecule has 0 saturated carbocycles. The Labute approximate surface area is 95.4 Å². The molecule has 0 unspecified atom stereocenters. The molecule has 0 spiro atoms. The lowest BCUT2D eigenvalue weighted by atomic mass is 10.2. The first kappa shape index (κ1) is 10.2. The summed E-state index contributed by atoms with van der Waals surface area (Å²) in [6, 6.07) is 7.53. The molecule has 0 bridgehead atoms. The van der Waals surface area contributed by atoms with Crippen LogP contribution in [0.5, 0.6) is 5.75 Å². The monoisotopic (exact) mass is 268 g/mol. The summed E-state index contributed by atoms with van der Waals surface area (Å²) in [4.78, 5) is 4.20. The van der Waals surface area contributed by atoms with Gasteiger partial charge in [0.2, 0.25) is 0 Å². The van der Waals surface area contributed by atoms with Crippen LogP contribution in [-0.4, -0.2) is 17.3 Å². The van der Waals surface area contributed by atoms with Crippen molar-refractivity contribution in [3.05, 3.63) is 30.1 Å². The number of alkyl halides is 1. The van der Waals surface area contributed by atoms with Crippen LogP contribution in [0, 0.1) is 0 Å². The largest absolute Gasteiger partial charge is 0.496 e. The van der Waals surface area contributed by atoms with E-state index < -0.39 is 0 Å². The summed E-state index contributed by atoms with van der Waals surface area (Å²) in [5.41, 5.74) is 0.805. The van der Waals surface area contributed by atoms with Crippen LogP contribution in [0.3, 0.4) is 0 Å². The fourth-order valence-corrected chi connectivity index (χ4v) is 1.47. The molecule has 0 atom stereocenters. The van der Waals surface area contributed by atoms with Crippen molar-refractivity contribution in [2.75, 3.05) is 7.11 Å². The average molecular weight is 269 g/mol. The van der Waals surface area contributed by atoms with Crippen molar-refractivity contribution in [3.63, 3.8) is 0 Å². The van der Waals surface area contributed by atoms with Gasteiger partial charge in [-0.05, 0) is 12.1 Å². The molecule has 0 aliphatic carbocycles. The third kappa shape index (κ3) is 2.02. The van der Waals surface area contributed by atoms with Gasteiger partial charge in [-0.25, -0.2) is 0 Å². The highest BCUT2D eigenvalue weighted by molar-refractivity contribution is 9.08. The predicted octanol–water partition coefficient (Wildman–Crippen LogP) is 2.64. The summed E-state index contributed by atoms with van der Waals surface area (Å²) in [5.74, 6) is 1.82. The maximum absolute atomic E-state index is 5.20. The van der Waals surface area contributed by atoms with Gasteiger partial charge in [0.1, 0.15) is 5.75 Å². The number of halogens is 1. The lowest BCUT2D eigenvalue weighted by Crippen LogP contribution is -1.87. The lowest BCUT2D eigenvalue weighted by Gasteiger charge is -2.02. The molecule has 0 amide bonds. The number of rotatable bonds is 3. The number of hydrogen-bond acceptors (Lipinski definition) is 4. The molecule has 1 aromatic heterocycles. The van der Waals surface area contributed by atoms with Crippen LogP contribution in [0.1, 0.15) is 5.82 Å². The Morgan fingerprint density at radius 3 is 2.87 bits per heavy atom. The van der Waals surface area contributed by atoms with E-state index in [-0.39, 0.29) is 0 Å². The minimum Gasteiger partial charge on any atom is -0.496 e. The second-order valence-electron chi connectivity index (χ2n) is 2.85. The smallest absolute Gasteiger partial charge is 0.261 e. The zero-order chi connectivity index (χ0) is 10.7. The van der Waals surface area contributed by atoms with Crippen molar-refractivity contribution in [2.45, 2.75) is 5.33 Å². The van der Waals surface area contributed by atoms with E-state index in [4.69, 9.17) is 9.26 Å². The third-order valence-corrected chi connectivity index (χ3v) is 2.43. The summed E-state index contributed by atoms with van der Waals surface area (Å²) >= 11 is 3.26.